The van der Waals surface area contributed by atoms with Gasteiger partial charge in [0.1, 0.15) is 5.52 Å². The van der Waals surface area contributed by atoms with Gasteiger partial charge in [-0.2, -0.15) is 0 Å². The van der Waals surface area contributed by atoms with Crippen LogP contribution >= 0.6 is 0 Å². The number of hydrogen-bond acceptors (Lipinski definition) is 3. The zero-order chi connectivity index (χ0) is 11.1. The Bertz CT molecular complexity index is 561. The van der Waals surface area contributed by atoms with Crippen molar-refractivity contribution >= 4 is 10.9 Å². The number of nitrogens with zero attached hydrogens (tertiary/aromatic N) is 3. The van der Waals surface area contributed by atoms with E-state index in [2.05, 4.69) is 10.3 Å². The molecule has 0 aliphatic heterocycles. The highest BCUT2D eigenvalue weighted by atomic mass is 19.4. The molecule has 2 aromatic rings. The van der Waals surface area contributed by atoms with Gasteiger partial charge in [-0.3, -0.25) is 4.79 Å². The van der Waals surface area contributed by atoms with Crippen LogP contribution in [0.4, 0.5) is 13.2 Å². The van der Waals surface area contributed by atoms with Gasteiger partial charge < -0.3 is 0 Å². The quantitative estimate of drug-likeness (QED) is 0.664. The lowest BCUT2D eigenvalue weighted by Crippen LogP contribution is -2.33. The molecular formula is C8H4F3N3O. The van der Waals surface area contributed by atoms with Crippen LogP contribution < -0.4 is 5.56 Å². The smallest absolute Gasteiger partial charge is 0.267 e. The molecule has 7 heteroatoms. The molecule has 4 nitrogen and oxygen atoms in total. The van der Waals surface area contributed by atoms with Crippen molar-refractivity contribution < 1.29 is 13.2 Å². The summed E-state index contributed by atoms with van der Waals surface area (Å²) < 4.78 is 36.1. The van der Waals surface area contributed by atoms with Crippen LogP contribution in [0.2, 0.25) is 0 Å². The van der Waals surface area contributed by atoms with Gasteiger partial charge in [0.15, 0.2) is 0 Å². The zero-order valence-corrected chi connectivity index (χ0v) is 7.19. The van der Waals surface area contributed by atoms with E-state index in [9.17, 15) is 18.0 Å². The SMILES string of the molecule is O=c1c2ccccc2nnn1C(F)(F)F. The van der Waals surface area contributed by atoms with Crippen LogP contribution in [-0.4, -0.2) is 15.0 Å². The molecule has 0 bridgehead atoms. The third-order valence-corrected chi connectivity index (χ3v) is 1.81. The average molecular weight is 215 g/mol. The summed E-state index contributed by atoms with van der Waals surface area (Å²) in [5.41, 5.74) is -1.07. The highest BCUT2D eigenvalue weighted by Gasteiger charge is 2.34. The normalized spacial score (nSPS) is 11.9. The first kappa shape index (κ1) is 9.63. The van der Waals surface area contributed by atoms with E-state index in [0.717, 1.165) is 0 Å². The molecule has 15 heavy (non-hydrogen) atoms. The Morgan fingerprint density at radius 1 is 1.20 bits per heavy atom. The fraction of sp³-hybridized carbons (Fsp3) is 0.125. The molecule has 0 N–H and O–H groups in total. The number of halogens is 3. The minimum absolute atomic E-state index is 0.107. The van der Waals surface area contributed by atoms with Crippen molar-refractivity contribution in [3.05, 3.63) is 34.6 Å². The third-order valence-electron chi connectivity index (χ3n) is 1.81. The monoisotopic (exact) mass is 215 g/mol. The van der Waals surface area contributed by atoms with Crippen molar-refractivity contribution in [1.29, 1.82) is 0 Å². The Labute approximate surface area is 80.9 Å². The summed E-state index contributed by atoms with van der Waals surface area (Å²) >= 11 is 0. The first-order valence-electron chi connectivity index (χ1n) is 3.92. The summed E-state index contributed by atoms with van der Waals surface area (Å²) in [6, 6.07) is 5.72. The summed E-state index contributed by atoms with van der Waals surface area (Å²) in [7, 11) is 0. The zero-order valence-electron chi connectivity index (χ0n) is 7.19. The van der Waals surface area contributed by atoms with Gasteiger partial charge in [0.2, 0.25) is 0 Å². The van der Waals surface area contributed by atoms with Gasteiger partial charge in [-0.05, 0) is 12.1 Å². The Morgan fingerprint density at radius 2 is 1.87 bits per heavy atom. The maximum Gasteiger partial charge on any atom is 0.509 e. The number of hydrogen-bond donors (Lipinski definition) is 0. The van der Waals surface area contributed by atoms with Crippen LogP contribution in [0.25, 0.3) is 10.9 Å². The highest BCUT2D eigenvalue weighted by Crippen LogP contribution is 2.18. The van der Waals surface area contributed by atoms with E-state index in [4.69, 9.17) is 0 Å². The van der Waals surface area contributed by atoms with Gasteiger partial charge in [-0.1, -0.05) is 17.3 Å². The molecule has 0 amide bonds. The lowest BCUT2D eigenvalue weighted by Gasteiger charge is -2.06. The van der Waals surface area contributed by atoms with Crippen molar-refractivity contribution in [2.75, 3.05) is 0 Å². The molecular weight excluding hydrogens is 211 g/mol. The van der Waals surface area contributed by atoms with Gasteiger partial charge in [-0.15, -0.1) is 23.0 Å². The Hall–Kier alpha value is -1.92. The van der Waals surface area contributed by atoms with E-state index in [1.54, 1.807) is 6.07 Å². The van der Waals surface area contributed by atoms with Gasteiger partial charge >= 0.3 is 6.30 Å². The summed E-state index contributed by atoms with van der Waals surface area (Å²) in [6.07, 6.45) is -4.84. The largest absolute Gasteiger partial charge is 0.509 e. The van der Waals surface area contributed by atoms with E-state index in [1.165, 1.54) is 18.2 Å². The summed E-state index contributed by atoms with van der Waals surface area (Å²) in [6.45, 7) is 0. The van der Waals surface area contributed by atoms with Gasteiger partial charge in [0, 0.05) is 0 Å². The van der Waals surface area contributed by atoms with Crippen LogP contribution in [0.15, 0.2) is 29.1 Å². The molecule has 1 aromatic carbocycles. The molecule has 0 saturated carbocycles. The topological polar surface area (TPSA) is 47.8 Å². The van der Waals surface area contributed by atoms with Crippen LogP contribution in [-0.2, 0) is 6.30 Å². The minimum Gasteiger partial charge on any atom is -0.267 e. The van der Waals surface area contributed by atoms with Crippen LogP contribution in [0.3, 0.4) is 0 Å². The molecule has 0 fully saturated rings. The second-order valence-corrected chi connectivity index (χ2v) is 2.79. The predicted molar refractivity (Wildman–Crippen MR) is 45.1 cm³/mol. The molecule has 0 unspecified atom stereocenters. The number of benzene rings is 1. The Kier molecular flexibility index (Phi) is 1.95. The number of aromatic nitrogens is 3. The lowest BCUT2D eigenvalue weighted by atomic mass is 10.2. The minimum atomic E-state index is -4.84. The molecule has 1 aromatic heterocycles. The van der Waals surface area contributed by atoms with Crippen LogP contribution in [0.5, 0.6) is 0 Å². The van der Waals surface area contributed by atoms with E-state index < -0.39 is 16.5 Å². The first-order chi connectivity index (χ1) is 7.00. The van der Waals surface area contributed by atoms with Crippen molar-refractivity contribution in [2.24, 2.45) is 0 Å². The van der Waals surface area contributed by atoms with Crippen molar-refractivity contribution in [3.8, 4) is 0 Å². The molecule has 0 spiro atoms. The van der Waals surface area contributed by atoms with Gasteiger partial charge in [0.25, 0.3) is 5.56 Å². The van der Waals surface area contributed by atoms with E-state index >= 15 is 0 Å². The standard InChI is InChI=1S/C8H4F3N3O/c9-8(10,11)14-7(15)5-3-1-2-4-6(5)12-13-14/h1-4H. The fourth-order valence-corrected chi connectivity index (χ4v) is 1.16. The lowest BCUT2D eigenvalue weighted by molar-refractivity contribution is -0.216. The Balaban J connectivity index is 2.83. The van der Waals surface area contributed by atoms with Gasteiger partial charge in [0.05, 0.1) is 5.39 Å². The van der Waals surface area contributed by atoms with E-state index in [0.29, 0.717) is 0 Å². The predicted octanol–water partition coefficient (Wildman–Crippen LogP) is 1.27. The summed E-state index contributed by atoms with van der Waals surface area (Å²) in [5, 5.41) is 6.00. The number of fused-ring (bicyclic) bond motifs is 1. The molecule has 78 valence electrons. The number of alkyl halides is 3. The summed E-state index contributed by atoms with van der Waals surface area (Å²) in [5.74, 6) is 0. The molecule has 0 radical (unpaired) electrons. The molecule has 0 aliphatic carbocycles. The second kappa shape index (κ2) is 3.04. The molecule has 0 saturated heterocycles. The first-order valence-corrected chi connectivity index (χ1v) is 3.92. The molecule has 2 rings (SSSR count). The summed E-state index contributed by atoms with van der Waals surface area (Å²) in [4.78, 5) is 11.3. The molecule has 0 aliphatic rings. The van der Waals surface area contributed by atoms with E-state index in [1.807, 2.05) is 0 Å². The van der Waals surface area contributed by atoms with Crippen LogP contribution in [0, 0.1) is 0 Å². The van der Waals surface area contributed by atoms with Gasteiger partial charge in [-0.25, -0.2) is 0 Å². The Morgan fingerprint density at radius 3 is 2.53 bits per heavy atom. The molecule has 0 atom stereocenters. The second-order valence-electron chi connectivity index (χ2n) is 2.79. The van der Waals surface area contributed by atoms with Crippen molar-refractivity contribution in [1.82, 2.24) is 15.0 Å². The highest BCUT2D eigenvalue weighted by molar-refractivity contribution is 5.76. The number of rotatable bonds is 0. The van der Waals surface area contributed by atoms with E-state index in [-0.39, 0.29) is 10.9 Å². The van der Waals surface area contributed by atoms with Crippen LogP contribution in [0.1, 0.15) is 0 Å². The molecule has 1 heterocycles. The fourth-order valence-electron chi connectivity index (χ4n) is 1.16. The van der Waals surface area contributed by atoms with Crippen molar-refractivity contribution in [3.63, 3.8) is 0 Å². The van der Waals surface area contributed by atoms with Crippen molar-refractivity contribution in [2.45, 2.75) is 6.30 Å². The maximum atomic E-state index is 12.2. The average Bonchev–Trinajstić information content (AvgIpc) is 2.16. The third kappa shape index (κ3) is 1.56. The maximum absolute atomic E-state index is 12.2.